The molecule has 0 aliphatic carbocycles. The summed E-state index contributed by atoms with van der Waals surface area (Å²) in [7, 11) is 1.54. The fraction of sp³-hybridized carbons (Fsp3) is 0.0667. The Balaban J connectivity index is 2.11. The Kier molecular flexibility index (Phi) is 3.63. The van der Waals surface area contributed by atoms with Crippen molar-refractivity contribution in [1.29, 1.82) is 0 Å². The van der Waals surface area contributed by atoms with E-state index in [-0.39, 0.29) is 11.4 Å². The van der Waals surface area contributed by atoms with Gasteiger partial charge in [0.05, 0.1) is 22.9 Å². The summed E-state index contributed by atoms with van der Waals surface area (Å²) >= 11 is 0. The van der Waals surface area contributed by atoms with E-state index in [1.165, 1.54) is 22.9 Å². The number of nitrogens with zero attached hydrogens (tertiary/aromatic N) is 3. The number of non-ortho nitro benzene ring substituents is 1. The Morgan fingerprint density at radius 3 is 2.61 bits per heavy atom. The molecule has 116 valence electrons. The normalized spacial score (nSPS) is 10.5. The molecule has 1 aromatic heterocycles. The summed E-state index contributed by atoms with van der Waals surface area (Å²) in [5.41, 5.74) is 0.905. The van der Waals surface area contributed by atoms with Gasteiger partial charge in [-0.25, -0.2) is 0 Å². The lowest BCUT2D eigenvalue weighted by atomic mass is 10.1. The maximum absolute atomic E-state index is 12.0. The fourth-order valence-electron chi connectivity index (χ4n) is 2.16. The molecule has 0 fully saturated rings. The van der Waals surface area contributed by atoms with Crippen molar-refractivity contribution in [2.75, 3.05) is 7.11 Å². The summed E-state index contributed by atoms with van der Waals surface area (Å²) in [5.74, 6) is -0.0293. The van der Waals surface area contributed by atoms with Gasteiger partial charge in [0.15, 0.2) is 5.95 Å². The molecule has 0 unspecified atom stereocenters. The van der Waals surface area contributed by atoms with E-state index in [1.54, 1.807) is 37.4 Å². The van der Waals surface area contributed by atoms with E-state index < -0.39 is 10.9 Å². The summed E-state index contributed by atoms with van der Waals surface area (Å²) in [6.45, 7) is 0. The molecule has 8 heteroatoms. The molecular formula is C15H11N3O5. The molecule has 0 saturated heterocycles. The highest BCUT2D eigenvalue weighted by atomic mass is 16.6. The zero-order chi connectivity index (χ0) is 16.4. The minimum Gasteiger partial charge on any atom is -0.539 e. The number of nitro groups is 1. The molecule has 0 atom stereocenters. The van der Waals surface area contributed by atoms with Gasteiger partial charge in [0, 0.05) is 24.3 Å². The van der Waals surface area contributed by atoms with Crippen molar-refractivity contribution in [3.63, 3.8) is 0 Å². The topological polar surface area (TPSA) is 105 Å². The van der Waals surface area contributed by atoms with E-state index in [0.29, 0.717) is 17.0 Å². The third-order valence-corrected chi connectivity index (χ3v) is 3.26. The van der Waals surface area contributed by atoms with Gasteiger partial charge in [-0.1, -0.05) is 6.07 Å². The number of hydrogen-bond acceptors (Lipinski definition) is 6. The number of nitro benzene ring substituents is 1. The molecule has 1 heterocycles. The minimum absolute atomic E-state index is 0.110. The van der Waals surface area contributed by atoms with Crippen LogP contribution in [0.25, 0.3) is 16.9 Å². The van der Waals surface area contributed by atoms with Crippen LogP contribution < -0.4 is 14.5 Å². The third kappa shape index (κ3) is 2.69. The number of benzene rings is 2. The molecule has 3 rings (SSSR count). The van der Waals surface area contributed by atoms with Crippen molar-refractivity contribution in [2.24, 2.45) is 0 Å². The zero-order valence-corrected chi connectivity index (χ0v) is 12.0. The van der Waals surface area contributed by atoms with Gasteiger partial charge in [-0.15, -0.1) is 0 Å². The summed E-state index contributed by atoms with van der Waals surface area (Å²) in [5, 5.41) is 26.6. The van der Waals surface area contributed by atoms with Crippen LogP contribution in [0.15, 0.2) is 53.1 Å². The van der Waals surface area contributed by atoms with Crippen LogP contribution in [0.2, 0.25) is 0 Å². The Hall–Kier alpha value is -3.42. The van der Waals surface area contributed by atoms with E-state index in [2.05, 4.69) is 5.27 Å². The standard InChI is InChI=1S/C15H11N3O5/c1-22-13-7-5-11(6-8-13)17-14(15(19)23-16-17)10-3-2-4-12(9-10)18(20)21/h2-9H,1H3. The third-order valence-electron chi connectivity index (χ3n) is 3.26. The van der Waals surface area contributed by atoms with E-state index in [1.807, 2.05) is 0 Å². The van der Waals surface area contributed by atoms with Gasteiger partial charge >= 0.3 is 0 Å². The fourth-order valence-corrected chi connectivity index (χ4v) is 2.16. The molecular weight excluding hydrogens is 302 g/mol. The number of rotatable bonds is 4. The second-order valence-corrected chi connectivity index (χ2v) is 4.63. The molecule has 3 aromatic rings. The van der Waals surface area contributed by atoms with Crippen molar-refractivity contribution >= 4 is 5.69 Å². The van der Waals surface area contributed by atoms with Crippen molar-refractivity contribution < 1.29 is 24.0 Å². The predicted octanol–water partition coefficient (Wildman–Crippen LogP) is 1.61. The maximum Gasteiger partial charge on any atom is 0.271 e. The van der Waals surface area contributed by atoms with Gasteiger partial charge in [-0.2, -0.15) is 0 Å². The zero-order valence-electron chi connectivity index (χ0n) is 12.0. The Bertz CT molecular complexity index is 858. The largest absolute Gasteiger partial charge is 0.539 e. The van der Waals surface area contributed by atoms with E-state index >= 15 is 0 Å². The lowest BCUT2D eigenvalue weighted by molar-refractivity contribution is -0.660. The molecule has 23 heavy (non-hydrogen) atoms. The highest BCUT2D eigenvalue weighted by molar-refractivity contribution is 5.63. The Morgan fingerprint density at radius 1 is 1.22 bits per heavy atom. The van der Waals surface area contributed by atoms with E-state index in [0.717, 1.165) is 0 Å². The van der Waals surface area contributed by atoms with Crippen LogP contribution in [0.5, 0.6) is 11.7 Å². The first kappa shape index (κ1) is 14.5. The number of methoxy groups -OCH3 is 1. The lowest BCUT2D eigenvalue weighted by Gasteiger charge is -2.00. The van der Waals surface area contributed by atoms with Gasteiger partial charge in [0.1, 0.15) is 5.75 Å². The molecule has 0 bridgehead atoms. The van der Waals surface area contributed by atoms with Crippen LogP contribution in [0, 0.1) is 10.1 Å². The van der Waals surface area contributed by atoms with Gasteiger partial charge in [-0.05, 0) is 22.9 Å². The van der Waals surface area contributed by atoms with Crippen LogP contribution in [-0.2, 0) is 0 Å². The average molecular weight is 313 g/mol. The second kappa shape index (κ2) is 5.76. The van der Waals surface area contributed by atoms with Gasteiger partial charge in [0.25, 0.3) is 11.4 Å². The van der Waals surface area contributed by atoms with Gasteiger partial charge in [-0.3, -0.25) is 10.1 Å². The number of ether oxygens (including phenoxy) is 1. The molecule has 0 aliphatic heterocycles. The van der Waals surface area contributed by atoms with E-state index in [4.69, 9.17) is 9.26 Å². The lowest BCUT2D eigenvalue weighted by Crippen LogP contribution is -2.34. The number of hydrogen-bond donors (Lipinski definition) is 0. The summed E-state index contributed by atoms with van der Waals surface area (Å²) in [6, 6.07) is 12.5. The first-order valence-corrected chi connectivity index (χ1v) is 6.58. The first-order valence-electron chi connectivity index (χ1n) is 6.58. The molecule has 0 spiro atoms. The second-order valence-electron chi connectivity index (χ2n) is 4.63. The first-order chi connectivity index (χ1) is 11.1. The van der Waals surface area contributed by atoms with Crippen molar-refractivity contribution in [3.05, 3.63) is 58.6 Å². The van der Waals surface area contributed by atoms with Crippen LogP contribution in [-0.4, -0.2) is 17.3 Å². The highest BCUT2D eigenvalue weighted by Crippen LogP contribution is 2.27. The molecule has 0 amide bonds. The molecule has 0 radical (unpaired) electrons. The summed E-state index contributed by atoms with van der Waals surface area (Å²) < 4.78 is 11.1. The van der Waals surface area contributed by atoms with Crippen LogP contribution in [0.4, 0.5) is 5.69 Å². The summed E-state index contributed by atoms with van der Waals surface area (Å²) in [4.78, 5) is 10.4. The molecule has 0 saturated carbocycles. The quantitative estimate of drug-likeness (QED) is 0.411. The molecule has 8 nitrogen and oxygen atoms in total. The van der Waals surface area contributed by atoms with Crippen molar-refractivity contribution in [3.8, 4) is 28.6 Å². The SMILES string of the molecule is COc1ccc(-[n+]2noc([O-])c2-c2cccc([N+](=O)[O-])c2)cc1. The van der Waals surface area contributed by atoms with Crippen LogP contribution in [0.1, 0.15) is 0 Å². The number of aromatic nitrogens is 2. The van der Waals surface area contributed by atoms with Gasteiger partial charge in [0.2, 0.25) is 5.69 Å². The van der Waals surface area contributed by atoms with Crippen molar-refractivity contribution in [1.82, 2.24) is 5.27 Å². The van der Waals surface area contributed by atoms with Crippen molar-refractivity contribution in [2.45, 2.75) is 0 Å². The minimum atomic E-state index is -0.679. The molecule has 0 aliphatic rings. The maximum atomic E-state index is 12.0. The smallest absolute Gasteiger partial charge is 0.271 e. The predicted molar refractivity (Wildman–Crippen MR) is 76.1 cm³/mol. The average Bonchev–Trinajstić information content (AvgIpc) is 2.96. The van der Waals surface area contributed by atoms with Crippen LogP contribution in [0.3, 0.4) is 0 Å². The summed E-state index contributed by atoms with van der Waals surface area (Å²) in [6.07, 6.45) is 0. The Morgan fingerprint density at radius 2 is 1.96 bits per heavy atom. The van der Waals surface area contributed by atoms with Crippen LogP contribution >= 0.6 is 0 Å². The monoisotopic (exact) mass is 313 g/mol. The highest BCUT2D eigenvalue weighted by Gasteiger charge is 2.23. The molecule has 2 aromatic carbocycles. The van der Waals surface area contributed by atoms with Gasteiger partial charge < -0.3 is 14.4 Å². The van der Waals surface area contributed by atoms with E-state index in [9.17, 15) is 15.2 Å². The Labute approximate surface area is 130 Å². The molecule has 0 N–H and O–H groups in total.